The normalized spacial score (nSPS) is 10.9. The molecule has 0 aliphatic heterocycles. The van der Waals surface area contributed by atoms with Crippen molar-refractivity contribution < 1.29 is 9.90 Å². The molecule has 0 aliphatic rings. The highest BCUT2D eigenvalue weighted by atomic mass is 16.2. The Kier molecular flexibility index (Phi) is 6.10. The second kappa shape index (κ2) is 7.68. The Labute approximate surface area is 101 Å². The minimum atomic E-state index is -0.0215. The summed E-state index contributed by atoms with van der Waals surface area (Å²) in [7, 11) is 0. The number of aliphatic imine (C=N–C) groups is 1. The summed E-state index contributed by atoms with van der Waals surface area (Å²) in [6, 6.07) is 5.43. The Balaban J connectivity index is 2.41. The van der Waals surface area contributed by atoms with Crippen LogP contribution in [0.4, 0.5) is 0 Å². The van der Waals surface area contributed by atoms with Crippen LogP contribution < -0.4 is 0 Å². The van der Waals surface area contributed by atoms with E-state index in [1.165, 1.54) is 6.92 Å². The van der Waals surface area contributed by atoms with Gasteiger partial charge in [-0.15, -0.1) is 0 Å². The van der Waals surface area contributed by atoms with Crippen molar-refractivity contribution in [2.45, 2.75) is 26.2 Å². The maximum Gasteiger partial charge on any atom is 0.178 e. The molecule has 0 spiro atoms. The predicted octanol–water partition coefficient (Wildman–Crippen LogP) is 1.67. The van der Waals surface area contributed by atoms with Crippen molar-refractivity contribution in [1.82, 2.24) is 4.98 Å². The van der Waals surface area contributed by atoms with Crippen molar-refractivity contribution in [3.05, 3.63) is 29.6 Å². The van der Waals surface area contributed by atoms with E-state index < -0.39 is 0 Å². The van der Waals surface area contributed by atoms with Crippen LogP contribution in [0, 0.1) is 0 Å². The first-order valence-corrected chi connectivity index (χ1v) is 5.80. The lowest BCUT2D eigenvalue weighted by Crippen LogP contribution is -2.00. The van der Waals surface area contributed by atoms with Crippen molar-refractivity contribution in [3.63, 3.8) is 0 Å². The third kappa shape index (κ3) is 5.36. The van der Waals surface area contributed by atoms with E-state index in [0.717, 1.165) is 25.1 Å². The first-order chi connectivity index (χ1) is 8.24. The van der Waals surface area contributed by atoms with E-state index in [9.17, 15) is 4.79 Å². The summed E-state index contributed by atoms with van der Waals surface area (Å²) in [6.07, 6.45) is 4.13. The molecule has 0 saturated heterocycles. The third-order valence-electron chi connectivity index (χ3n) is 2.29. The van der Waals surface area contributed by atoms with E-state index in [2.05, 4.69) is 9.98 Å². The molecule has 1 aromatic heterocycles. The molecule has 0 saturated carbocycles. The van der Waals surface area contributed by atoms with E-state index in [0.29, 0.717) is 12.1 Å². The van der Waals surface area contributed by atoms with Crippen LogP contribution in [0.3, 0.4) is 0 Å². The Morgan fingerprint density at radius 2 is 2.29 bits per heavy atom. The SMILES string of the molecule is CC(=O)c1cccc(CC=NCCCCO)n1. The highest BCUT2D eigenvalue weighted by Crippen LogP contribution is 2.00. The summed E-state index contributed by atoms with van der Waals surface area (Å²) < 4.78 is 0. The summed E-state index contributed by atoms with van der Waals surface area (Å²) in [4.78, 5) is 19.6. The Morgan fingerprint density at radius 1 is 1.47 bits per heavy atom. The zero-order chi connectivity index (χ0) is 12.5. The quantitative estimate of drug-likeness (QED) is 0.443. The molecule has 4 nitrogen and oxygen atoms in total. The average molecular weight is 234 g/mol. The standard InChI is InChI=1S/C13H18N2O2/c1-11(17)13-6-4-5-12(15-13)7-9-14-8-2-3-10-16/h4-6,9,16H,2-3,7-8,10H2,1H3. The molecule has 1 heterocycles. The molecule has 0 aliphatic carbocycles. The summed E-state index contributed by atoms with van der Waals surface area (Å²) in [5.41, 5.74) is 1.35. The fourth-order valence-corrected chi connectivity index (χ4v) is 1.35. The molecule has 0 fully saturated rings. The van der Waals surface area contributed by atoms with E-state index >= 15 is 0 Å². The summed E-state index contributed by atoms with van der Waals surface area (Å²) in [5.74, 6) is -0.0215. The molecule has 1 rings (SSSR count). The fourth-order valence-electron chi connectivity index (χ4n) is 1.35. The summed E-state index contributed by atoms with van der Waals surface area (Å²) in [6.45, 7) is 2.46. The molecule has 0 atom stereocenters. The van der Waals surface area contributed by atoms with Crippen molar-refractivity contribution in [1.29, 1.82) is 0 Å². The number of rotatable bonds is 7. The van der Waals surface area contributed by atoms with E-state index in [1.807, 2.05) is 18.3 Å². The molecule has 92 valence electrons. The van der Waals surface area contributed by atoms with E-state index in [4.69, 9.17) is 5.11 Å². The Hall–Kier alpha value is -1.55. The van der Waals surface area contributed by atoms with E-state index in [1.54, 1.807) is 6.07 Å². The number of aliphatic hydroxyl groups excluding tert-OH is 1. The highest BCUT2D eigenvalue weighted by Gasteiger charge is 2.00. The fraction of sp³-hybridized carbons (Fsp3) is 0.462. The Morgan fingerprint density at radius 3 is 3.00 bits per heavy atom. The lowest BCUT2D eigenvalue weighted by molar-refractivity contribution is 0.101. The first kappa shape index (κ1) is 13.5. The van der Waals surface area contributed by atoms with Crippen LogP contribution in [-0.4, -0.2) is 35.2 Å². The number of carbonyl (C=O) groups is 1. The average Bonchev–Trinajstić information content (AvgIpc) is 2.34. The first-order valence-electron chi connectivity index (χ1n) is 5.80. The van der Waals surface area contributed by atoms with Crippen molar-refractivity contribution >= 4 is 12.0 Å². The maximum atomic E-state index is 11.1. The number of nitrogens with zero attached hydrogens (tertiary/aromatic N) is 2. The van der Waals surface area contributed by atoms with Gasteiger partial charge in [0.1, 0.15) is 5.69 Å². The van der Waals surface area contributed by atoms with Crippen LogP contribution in [0.2, 0.25) is 0 Å². The van der Waals surface area contributed by atoms with E-state index in [-0.39, 0.29) is 12.4 Å². The van der Waals surface area contributed by atoms with Crippen LogP contribution in [0.15, 0.2) is 23.2 Å². The maximum absolute atomic E-state index is 11.1. The number of hydrogen-bond donors (Lipinski definition) is 1. The molecule has 0 unspecified atom stereocenters. The van der Waals surface area contributed by atoms with Gasteiger partial charge >= 0.3 is 0 Å². The van der Waals surface area contributed by atoms with Crippen molar-refractivity contribution in [2.24, 2.45) is 4.99 Å². The number of ketones is 1. The lowest BCUT2D eigenvalue weighted by Gasteiger charge is -1.98. The highest BCUT2D eigenvalue weighted by molar-refractivity contribution is 5.92. The van der Waals surface area contributed by atoms with Gasteiger partial charge < -0.3 is 5.11 Å². The molecule has 1 N–H and O–H groups in total. The zero-order valence-electron chi connectivity index (χ0n) is 10.1. The number of aliphatic hydroxyl groups is 1. The molecule has 0 bridgehead atoms. The van der Waals surface area contributed by atoms with Gasteiger partial charge in [-0.2, -0.15) is 0 Å². The molecule has 0 amide bonds. The monoisotopic (exact) mass is 234 g/mol. The van der Waals surface area contributed by atoms with Crippen molar-refractivity contribution in [3.8, 4) is 0 Å². The molecule has 0 radical (unpaired) electrons. The van der Waals surface area contributed by atoms with Gasteiger partial charge in [0.25, 0.3) is 0 Å². The number of hydrogen-bond acceptors (Lipinski definition) is 4. The predicted molar refractivity (Wildman–Crippen MR) is 67.6 cm³/mol. The number of pyridine rings is 1. The molecular weight excluding hydrogens is 216 g/mol. The second-order valence-corrected chi connectivity index (χ2v) is 3.79. The largest absolute Gasteiger partial charge is 0.396 e. The van der Waals surface area contributed by atoms with Gasteiger partial charge in [-0.1, -0.05) is 6.07 Å². The molecule has 17 heavy (non-hydrogen) atoms. The van der Waals surface area contributed by atoms with Gasteiger partial charge in [0, 0.05) is 38.4 Å². The van der Waals surface area contributed by atoms with Gasteiger partial charge in [-0.05, 0) is 25.0 Å². The number of unbranched alkanes of at least 4 members (excludes halogenated alkanes) is 1. The van der Waals surface area contributed by atoms with Gasteiger partial charge in [-0.25, -0.2) is 4.98 Å². The van der Waals surface area contributed by atoms with Crippen LogP contribution in [0.5, 0.6) is 0 Å². The lowest BCUT2D eigenvalue weighted by atomic mass is 10.2. The number of Topliss-reactive ketones (excluding diaryl/α,β-unsaturated/α-hetero) is 1. The smallest absolute Gasteiger partial charge is 0.178 e. The minimum absolute atomic E-state index is 0.0215. The topological polar surface area (TPSA) is 62.5 Å². The van der Waals surface area contributed by atoms with Gasteiger partial charge in [0.2, 0.25) is 0 Å². The van der Waals surface area contributed by atoms with Crippen LogP contribution in [0.1, 0.15) is 35.9 Å². The third-order valence-corrected chi connectivity index (χ3v) is 2.29. The van der Waals surface area contributed by atoms with Crippen LogP contribution >= 0.6 is 0 Å². The zero-order valence-corrected chi connectivity index (χ0v) is 10.1. The summed E-state index contributed by atoms with van der Waals surface area (Å²) >= 11 is 0. The molecule has 4 heteroatoms. The number of carbonyl (C=O) groups excluding carboxylic acids is 1. The summed E-state index contributed by atoms with van der Waals surface area (Å²) in [5, 5.41) is 8.59. The van der Waals surface area contributed by atoms with Crippen LogP contribution in [-0.2, 0) is 6.42 Å². The minimum Gasteiger partial charge on any atom is -0.396 e. The number of aromatic nitrogens is 1. The van der Waals surface area contributed by atoms with Crippen LogP contribution in [0.25, 0.3) is 0 Å². The van der Waals surface area contributed by atoms with Gasteiger partial charge in [0.05, 0.1) is 0 Å². The van der Waals surface area contributed by atoms with Crippen molar-refractivity contribution in [2.75, 3.05) is 13.2 Å². The molecular formula is C13H18N2O2. The second-order valence-electron chi connectivity index (χ2n) is 3.79. The van der Waals surface area contributed by atoms with Gasteiger partial charge in [-0.3, -0.25) is 9.79 Å². The molecule has 0 aromatic carbocycles. The Bertz CT molecular complexity index is 389. The molecule has 1 aromatic rings. The van der Waals surface area contributed by atoms with Gasteiger partial charge in [0.15, 0.2) is 5.78 Å².